The van der Waals surface area contributed by atoms with Gasteiger partial charge in [0, 0.05) is 35.4 Å². The molecule has 6 heteroatoms. The number of benzene rings is 1. The minimum absolute atomic E-state index is 0.0977. The van der Waals surface area contributed by atoms with E-state index in [1.54, 1.807) is 17.6 Å². The topological polar surface area (TPSA) is 57.6 Å². The second-order valence-corrected chi connectivity index (χ2v) is 7.66. The first kappa shape index (κ1) is 17.4. The summed E-state index contributed by atoms with van der Waals surface area (Å²) in [6.45, 7) is 6.31. The SMILES string of the molecule is Cc1nc(CC(=O)NN=CC=C2N(C)c3ccccc3C2(C)C)cs1. The molecule has 0 radical (unpaired) electrons. The van der Waals surface area contributed by atoms with E-state index >= 15 is 0 Å². The Hall–Kier alpha value is -2.47. The van der Waals surface area contributed by atoms with Crippen molar-refractivity contribution in [3.63, 3.8) is 0 Å². The smallest absolute Gasteiger partial charge is 0.246 e. The van der Waals surface area contributed by atoms with Crippen molar-refractivity contribution in [3.05, 3.63) is 57.7 Å². The largest absolute Gasteiger partial charge is 0.347 e. The molecule has 1 aromatic heterocycles. The van der Waals surface area contributed by atoms with Crippen LogP contribution in [0.25, 0.3) is 0 Å². The van der Waals surface area contributed by atoms with Gasteiger partial charge in [-0.15, -0.1) is 11.3 Å². The van der Waals surface area contributed by atoms with E-state index in [9.17, 15) is 4.79 Å². The number of para-hydroxylation sites is 1. The van der Waals surface area contributed by atoms with Gasteiger partial charge in [-0.05, 0) is 24.6 Å². The van der Waals surface area contributed by atoms with Gasteiger partial charge in [0.1, 0.15) is 0 Å². The molecule has 2 aromatic rings. The number of thiazole rings is 1. The first-order valence-corrected chi connectivity index (χ1v) is 9.04. The van der Waals surface area contributed by atoms with Gasteiger partial charge in [-0.2, -0.15) is 5.10 Å². The summed E-state index contributed by atoms with van der Waals surface area (Å²) < 4.78 is 0. The van der Waals surface area contributed by atoms with Crippen LogP contribution in [0.5, 0.6) is 0 Å². The molecule has 25 heavy (non-hydrogen) atoms. The normalized spacial score (nSPS) is 17.3. The second kappa shape index (κ2) is 6.80. The number of likely N-dealkylation sites (N-methyl/N-ethyl adjacent to an activating group) is 1. The number of aromatic nitrogens is 1. The van der Waals surface area contributed by atoms with Crippen molar-refractivity contribution in [2.75, 3.05) is 11.9 Å². The number of amides is 1. The number of nitrogens with one attached hydrogen (secondary N) is 1. The number of anilines is 1. The Morgan fingerprint density at radius 2 is 2.16 bits per heavy atom. The average Bonchev–Trinajstić information content (AvgIpc) is 3.06. The molecule has 0 saturated heterocycles. The first-order valence-electron chi connectivity index (χ1n) is 8.16. The minimum atomic E-state index is -0.165. The molecule has 0 fully saturated rings. The number of carbonyl (C=O) groups excluding carboxylic acids is 1. The standard InChI is InChI=1S/C19H22N4OS/c1-13-21-14(12-25-13)11-18(24)22-20-10-9-17-19(2,3)15-7-5-6-8-16(15)23(17)4/h5-10,12H,11H2,1-4H3,(H,22,24). The van der Waals surface area contributed by atoms with Gasteiger partial charge in [0.2, 0.25) is 5.91 Å². The lowest BCUT2D eigenvalue weighted by atomic mass is 9.84. The molecule has 1 N–H and O–H groups in total. The lowest BCUT2D eigenvalue weighted by molar-refractivity contribution is -0.120. The molecule has 1 aliphatic heterocycles. The molecule has 2 heterocycles. The highest BCUT2D eigenvalue weighted by molar-refractivity contribution is 7.09. The Kier molecular flexibility index (Phi) is 4.72. The van der Waals surface area contributed by atoms with Gasteiger partial charge in [0.25, 0.3) is 0 Å². The van der Waals surface area contributed by atoms with Crippen molar-refractivity contribution in [2.45, 2.75) is 32.6 Å². The summed E-state index contributed by atoms with van der Waals surface area (Å²) in [5.74, 6) is -0.165. The number of hydrogen-bond donors (Lipinski definition) is 1. The molecule has 3 rings (SSSR count). The van der Waals surface area contributed by atoms with Crippen LogP contribution in [0.1, 0.15) is 30.1 Å². The molecule has 0 spiro atoms. The quantitative estimate of drug-likeness (QED) is 0.676. The van der Waals surface area contributed by atoms with E-state index in [1.807, 2.05) is 24.4 Å². The maximum absolute atomic E-state index is 11.9. The molecule has 1 aliphatic rings. The Morgan fingerprint density at radius 3 is 2.84 bits per heavy atom. The van der Waals surface area contributed by atoms with Gasteiger partial charge in [-0.3, -0.25) is 4.79 Å². The van der Waals surface area contributed by atoms with Crippen LogP contribution in [0.3, 0.4) is 0 Å². The molecule has 130 valence electrons. The van der Waals surface area contributed by atoms with Gasteiger partial charge in [0.05, 0.1) is 17.1 Å². The van der Waals surface area contributed by atoms with Crippen molar-refractivity contribution in [3.8, 4) is 0 Å². The molecule has 0 aliphatic carbocycles. The Balaban J connectivity index is 1.66. The number of fused-ring (bicyclic) bond motifs is 1. The van der Waals surface area contributed by atoms with E-state index in [1.165, 1.54) is 11.3 Å². The van der Waals surface area contributed by atoms with Gasteiger partial charge < -0.3 is 4.90 Å². The van der Waals surface area contributed by atoms with Gasteiger partial charge in [-0.1, -0.05) is 32.0 Å². The van der Waals surface area contributed by atoms with E-state index in [-0.39, 0.29) is 17.7 Å². The summed E-state index contributed by atoms with van der Waals surface area (Å²) >= 11 is 1.54. The van der Waals surface area contributed by atoms with Crippen LogP contribution in [-0.4, -0.2) is 24.2 Å². The first-order chi connectivity index (χ1) is 11.9. The van der Waals surface area contributed by atoms with Crippen molar-refractivity contribution in [1.29, 1.82) is 0 Å². The molecule has 1 aromatic carbocycles. The van der Waals surface area contributed by atoms with E-state index in [4.69, 9.17) is 0 Å². The maximum Gasteiger partial charge on any atom is 0.246 e. The van der Waals surface area contributed by atoms with E-state index < -0.39 is 0 Å². The van der Waals surface area contributed by atoms with E-state index in [0.717, 1.165) is 16.4 Å². The van der Waals surface area contributed by atoms with Crippen molar-refractivity contribution in [2.24, 2.45) is 5.10 Å². The third-order valence-electron chi connectivity index (χ3n) is 4.44. The molecular formula is C19H22N4OS. The van der Waals surface area contributed by atoms with E-state index in [0.29, 0.717) is 0 Å². The highest BCUT2D eigenvalue weighted by Crippen LogP contribution is 2.46. The van der Waals surface area contributed by atoms with Crippen molar-refractivity contribution >= 4 is 29.1 Å². The van der Waals surface area contributed by atoms with Crippen LogP contribution >= 0.6 is 11.3 Å². The number of nitrogens with zero attached hydrogens (tertiary/aromatic N) is 3. The summed E-state index contributed by atoms with van der Waals surface area (Å²) in [4.78, 5) is 18.3. The molecule has 0 unspecified atom stereocenters. The third kappa shape index (κ3) is 3.49. The highest BCUT2D eigenvalue weighted by Gasteiger charge is 2.37. The van der Waals surface area contributed by atoms with E-state index in [2.05, 4.69) is 59.5 Å². The third-order valence-corrected chi connectivity index (χ3v) is 5.27. The fourth-order valence-electron chi connectivity index (χ4n) is 3.21. The lowest BCUT2D eigenvalue weighted by Crippen LogP contribution is -2.23. The van der Waals surface area contributed by atoms with Crippen LogP contribution in [0, 0.1) is 6.92 Å². The highest BCUT2D eigenvalue weighted by atomic mass is 32.1. The number of allylic oxidation sites excluding steroid dienone is 2. The molecule has 0 saturated carbocycles. The number of rotatable bonds is 4. The molecule has 1 amide bonds. The summed E-state index contributed by atoms with van der Waals surface area (Å²) in [6.07, 6.45) is 3.84. The van der Waals surface area contributed by atoms with Crippen LogP contribution in [0.15, 0.2) is 46.5 Å². The van der Waals surface area contributed by atoms with Gasteiger partial charge >= 0.3 is 0 Å². The molecule has 5 nitrogen and oxygen atoms in total. The Bertz CT molecular complexity index is 851. The van der Waals surface area contributed by atoms with Crippen molar-refractivity contribution < 1.29 is 4.79 Å². The van der Waals surface area contributed by atoms with Crippen molar-refractivity contribution in [1.82, 2.24) is 10.4 Å². The molecule has 0 bridgehead atoms. The fraction of sp³-hybridized carbons (Fsp3) is 0.316. The zero-order valence-electron chi connectivity index (χ0n) is 14.9. The number of hydrazone groups is 1. The average molecular weight is 354 g/mol. The summed E-state index contributed by atoms with van der Waals surface area (Å²) in [5, 5.41) is 6.91. The van der Waals surface area contributed by atoms with Crippen LogP contribution < -0.4 is 10.3 Å². The monoisotopic (exact) mass is 354 g/mol. The summed E-state index contributed by atoms with van der Waals surface area (Å²) in [6, 6.07) is 8.38. The van der Waals surface area contributed by atoms with Crippen LogP contribution in [-0.2, 0) is 16.6 Å². The number of hydrogen-bond acceptors (Lipinski definition) is 5. The molecular weight excluding hydrogens is 332 g/mol. The predicted octanol–water partition coefficient (Wildman–Crippen LogP) is 3.41. The Labute approximate surface area is 152 Å². The fourth-order valence-corrected chi connectivity index (χ4v) is 3.82. The maximum atomic E-state index is 11.9. The predicted molar refractivity (Wildman–Crippen MR) is 103 cm³/mol. The van der Waals surface area contributed by atoms with Crippen LogP contribution in [0.4, 0.5) is 5.69 Å². The zero-order valence-corrected chi connectivity index (χ0v) is 15.7. The van der Waals surface area contributed by atoms with Gasteiger partial charge in [-0.25, -0.2) is 10.4 Å². The van der Waals surface area contributed by atoms with Crippen LogP contribution in [0.2, 0.25) is 0 Å². The lowest BCUT2D eigenvalue weighted by Gasteiger charge is -2.23. The number of carbonyl (C=O) groups is 1. The Morgan fingerprint density at radius 1 is 1.40 bits per heavy atom. The zero-order chi connectivity index (χ0) is 18.0. The number of aryl methyl sites for hydroxylation is 1. The minimum Gasteiger partial charge on any atom is -0.347 e. The summed E-state index contributed by atoms with van der Waals surface area (Å²) in [5.41, 5.74) is 6.88. The second-order valence-electron chi connectivity index (χ2n) is 6.60. The van der Waals surface area contributed by atoms with Gasteiger partial charge in [0.15, 0.2) is 0 Å². The summed E-state index contributed by atoms with van der Waals surface area (Å²) in [7, 11) is 2.05. The molecule has 0 atom stereocenters.